The molecule has 9 heteroatoms. The molecule has 0 saturated carbocycles. The van der Waals surface area contributed by atoms with Gasteiger partial charge in [0.05, 0.1) is 37.5 Å². The molecule has 0 spiro atoms. The minimum Gasteiger partial charge on any atom is -0.378 e. The van der Waals surface area contributed by atoms with Gasteiger partial charge in [0.1, 0.15) is 0 Å². The Labute approximate surface area is 166 Å². The Morgan fingerprint density at radius 3 is 2.96 bits per heavy atom. The molecule has 1 fully saturated rings. The van der Waals surface area contributed by atoms with Gasteiger partial charge in [-0.2, -0.15) is 5.10 Å². The first-order valence-corrected chi connectivity index (χ1v) is 9.69. The molecule has 3 aromatic rings. The summed E-state index contributed by atoms with van der Waals surface area (Å²) in [4.78, 5) is 25.4. The van der Waals surface area contributed by atoms with Crippen LogP contribution >= 0.6 is 11.9 Å². The van der Waals surface area contributed by atoms with E-state index in [4.69, 9.17) is 4.74 Å². The number of amides is 1. The maximum Gasteiger partial charge on any atom is 0.252 e. The Kier molecular flexibility index (Phi) is 5.21. The van der Waals surface area contributed by atoms with E-state index in [2.05, 4.69) is 27.6 Å². The van der Waals surface area contributed by atoms with E-state index in [0.717, 1.165) is 21.4 Å². The third-order valence-corrected chi connectivity index (χ3v) is 5.77. The van der Waals surface area contributed by atoms with Gasteiger partial charge >= 0.3 is 0 Å². The molecule has 146 valence electrons. The fraction of sp³-hybridized carbons (Fsp3) is 0.316. The smallest absolute Gasteiger partial charge is 0.252 e. The third-order valence-electron chi connectivity index (χ3n) is 4.59. The number of anilines is 1. The van der Waals surface area contributed by atoms with Crippen molar-refractivity contribution in [2.75, 3.05) is 25.1 Å². The van der Waals surface area contributed by atoms with Crippen molar-refractivity contribution < 1.29 is 9.53 Å². The van der Waals surface area contributed by atoms with E-state index >= 15 is 0 Å². The van der Waals surface area contributed by atoms with Crippen LogP contribution in [0.5, 0.6) is 0 Å². The first kappa shape index (κ1) is 18.7. The predicted molar refractivity (Wildman–Crippen MR) is 108 cm³/mol. The van der Waals surface area contributed by atoms with Gasteiger partial charge in [-0.1, -0.05) is 0 Å². The van der Waals surface area contributed by atoms with Crippen molar-refractivity contribution in [1.82, 2.24) is 19.1 Å². The minimum atomic E-state index is -0.179. The summed E-state index contributed by atoms with van der Waals surface area (Å²) < 4.78 is 8.81. The second kappa shape index (κ2) is 7.78. The molecule has 8 nitrogen and oxygen atoms in total. The van der Waals surface area contributed by atoms with Crippen LogP contribution in [-0.4, -0.2) is 50.8 Å². The molecule has 0 aliphatic carbocycles. The number of nitrogens with zero attached hydrogens (tertiary/aromatic N) is 3. The summed E-state index contributed by atoms with van der Waals surface area (Å²) in [6, 6.07) is 7.42. The molecule has 0 atom stereocenters. The van der Waals surface area contributed by atoms with Gasteiger partial charge < -0.3 is 14.6 Å². The zero-order valence-electron chi connectivity index (χ0n) is 15.6. The number of nitrogens with one attached hydrogen (secondary N) is 2. The van der Waals surface area contributed by atoms with E-state index in [0.29, 0.717) is 18.9 Å². The fourth-order valence-electron chi connectivity index (χ4n) is 2.96. The van der Waals surface area contributed by atoms with Gasteiger partial charge in [0, 0.05) is 35.3 Å². The molecule has 0 radical (unpaired) electrons. The van der Waals surface area contributed by atoms with Crippen molar-refractivity contribution in [2.45, 2.75) is 17.9 Å². The number of ether oxygens (including phenoxy) is 1. The predicted octanol–water partition coefficient (Wildman–Crippen LogP) is 1.92. The highest BCUT2D eigenvalue weighted by atomic mass is 32.2. The molecule has 28 heavy (non-hydrogen) atoms. The van der Waals surface area contributed by atoms with Crippen molar-refractivity contribution in [2.24, 2.45) is 7.05 Å². The summed E-state index contributed by atoms with van der Waals surface area (Å²) in [6.45, 7) is 3.39. The maximum atomic E-state index is 12.6. The molecule has 1 aromatic carbocycles. The zero-order chi connectivity index (χ0) is 19.7. The van der Waals surface area contributed by atoms with Crippen molar-refractivity contribution in [1.29, 1.82) is 0 Å². The number of pyridine rings is 1. The standard InChI is InChI=1S/C19H21N5O3S/c1-12-5-13-8-20-22-19(13)16(6-12)28-24(15-10-27-11-15)9-17(25)21-14-3-4-23(2)18(26)7-14/h3-8,15H,9-11H2,1-2H3,(H,20,22)(H,21,25). The normalized spacial score (nSPS) is 14.4. The molecule has 1 aliphatic rings. The lowest BCUT2D eigenvalue weighted by atomic mass is 10.2. The van der Waals surface area contributed by atoms with Crippen LogP contribution in [-0.2, 0) is 16.6 Å². The van der Waals surface area contributed by atoms with Gasteiger partial charge in [0.25, 0.3) is 5.56 Å². The van der Waals surface area contributed by atoms with Gasteiger partial charge in [-0.05, 0) is 42.6 Å². The number of aromatic nitrogens is 3. The van der Waals surface area contributed by atoms with Crippen molar-refractivity contribution >= 4 is 34.4 Å². The lowest BCUT2D eigenvalue weighted by molar-refractivity contribution is -0.118. The molecule has 3 heterocycles. The fourth-order valence-corrected chi connectivity index (χ4v) is 4.16. The van der Waals surface area contributed by atoms with Gasteiger partial charge in [-0.3, -0.25) is 14.7 Å². The average molecular weight is 399 g/mol. The van der Waals surface area contributed by atoms with Crippen LogP contribution in [0.3, 0.4) is 0 Å². The van der Waals surface area contributed by atoms with Crippen molar-refractivity contribution in [3.8, 4) is 0 Å². The van der Waals surface area contributed by atoms with Crippen molar-refractivity contribution in [3.05, 3.63) is 52.6 Å². The summed E-state index contributed by atoms with van der Waals surface area (Å²) in [5.74, 6) is -0.179. The van der Waals surface area contributed by atoms with E-state index in [1.165, 1.54) is 22.6 Å². The Hall–Kier alpha value is -2.62. The van der Waals surface area contributed by atoms with E-state index in [1.807, 2.05) is 11.2 Å². The van der Waals surface area contributed by atoms with Crippen LogP contribution in [0.1, 0.15) is 5.56 Å². The molecule has 0 unspecified atom stereocenters. The number of hydrogen-bond donors (Lipinski definition) is 2. The number of aryl methyl sites for hydroxylation is 2. The largest absolute Gasteiger partial charge is 0.378 e. The Bertz CT molecular complexity index is 1070. The number of benzene rings is 1. The second-order valence-corrected chi connectivity index (χ2v) is 7.96. The van der Waals surface area contributed by atoms with Gasteiger partial charge in [-0.15, -0.1) is 0 Å². The van der Waals surface area contributed by atoms with Crippen LogP contribution < -0.4 is 10.9 Å². The highest BCUT2D eigenvalue weighted by molar-refractivity contribution is 7.97. The van der Waals surface area contributed by atoms with E-state index in [1.54, 1.807) is 25.5 Å². The summed E-state index contributed by atoms with van der Waals surface area (Å²) in [6.07, 6.45) is 3.43. The summed E-state index contributed by atoms with van der Waals surface area (Å²) in [5.41, 5.74) is 2.41. The lowest BCUT2D eigenvalue weighted by Crippen LogP contribution is -2.48. The quantitative estimate of drug-likeness (QED) is 0.615. The van der Waals surface area contributed by atoms with Crippen LogP contribution in [0.25, 0.3) is 10.9 Å². The van der Waals surface area contributed by atoms with Crippen LogP contribution in [0.2, 0.25) is 0 Å². The zero-order valence-corrected chi connectivity index (χ0v) is 16.5. The van der Waals surface area contributed by atoms with Crippen molar-refractivity contribution in [3.63, 3.8) is 0 Å². The molecular formula is C19H21N5O3S. The first-order valence-electron chi connectivity index (χ1n) is 8.92. The summed E-state index contributed by atoms with van der Waals surface area (Å²) >= 11 is 1.52. The Balaban J connectivity index is 1.51. The highest BCUT2D eigenvalue weighted by Gasteiger charge is 2.29. The molecule has 2 aromatic heterocycles. The molecular weight excluding hydrogens is 378 g/mol. The number of rotatable bonds is 6. The number of carbonyl (C=O) groups excluding carboxylic acids is 1. The van der Waals surface area contributed by atoms with Gasteiger partial charge in [-0.25, -0.2) is 4.31 Å². The summed E-state index contributed by atoms with van der Waals surface area (Å²) in [7, 11) is 1.67. The highest BCUT2D eigenvalue weighted by Crippen LogP contribution is 2.33. The molecule has 0 bridgehead atoms. The average Bonchev–Trinajstić information content (AvgIpc) is 3.05. The number of fused-ring (bicyclic) bond motifs is 1. The third kappa shape index (κ3) is 3.96. The number of aromatic amines is 1. The summed E-state index contributed by atoms with van der Waals surface area (Å²) in [5, 5.41) is 11.0. The van der Waals surface area contributed by atoms with Crippen LogP contribution in [0.15, 0.2) is 46.3 Å². The second-order valence-electron chi connectivity index (χ2n) is 6.87. The van der Waals surface area contributed by atoms with E-state index in [9.17, 15) is 9.59 Å². The van der Waals surface area contributed by atoms with Gasteiger partial charge in [0.2, 0.25) is 5.91 Å². The lowest BCUT2D eigenvalue weighted by Gasteiger charge is -2.35. The van der Waals surface area contributed by atoms with E-state index < -0.39 is 0 Å². The monoisotopic (exact) mass is 399 g/mol. The molecule has 1 amide bonds. The molecule has 4 rings (SSSR count). The Morgan fingerprint density at radius 1 is 1.43 bits per heavy atom. The topological polar surface area (TPSA) is 92.3 Å². The number of H-pyrrole nitrogens is 1. The SMILES string of the molecule is Cc1cc(SN(CC(=O)Nc2ccn(C)c(=O)c2)C2COC2)c2[nH]ncc2c1. The minimum absolute atomic E-state index is 0.151. The molecule has 1 aliphatic heterocycles. The Morgan fingerprint density at radius 2 is 2.25 bits per heavy atom. The van der Waals surface area contributed by atoms with E-state index in [-0.39, 0.29) is 24.1 Å². The van der Waals surface area contributed by atoms with Gasteiger partial charge in [0.15, 0.2) is 0 Å². The van der Waals surface area contributed by atoms with Crippen LogP contribution in [0, 0.1) is 6.92 Å². The number of carbonyl (C=O) groups is 1. The van der Waals surface area contributed by atoms with Crippen LogP contribution in [0.4, 0.5) is 5.69 Å². The number of hydrogen-bond acceptors (Lipinski definition) is 6. The first-order chi connectivity index (χ1) is 13.5. The molecule has 1 saturated heterocycles. The molecule has 2 N–H and O–H groups in total. The maximum absolute atomic E-state index is 12.6.